The molecule has 0 fully saturated rings. The number of halogens is 3. The van der Waals surface area contributed by atoms with Crippen LogP contribution in [0.1, 0.15) is 10.4 Å². The number of aliphatic hydroxyl groups excluding tert-OH is 2. The zero-order chi connectivity index (χ0) is 16.9. The van der Waals surface area contributed by atoms with Gasteiger partial charge in [-0.05, 0) is 51.2 Å². The molecule has 7 nitrogen and oxygen atoms in total. The quantitative estimate of drug-likeness (QED) is 0.213. The van der Waals surface area contributed by atoms with Crippen LogP contribution < -0.4 is 10.6 Å². The van der Waals surface area contributed by atoms with Crippen molar-refractivity contribution in [2.45, 2.75) is 0 Å². The van der Waals surface area contributed by atoms with Gasteiger partial charge in [0.2, 0.25) is 11.8 Å². The Labute approximate surface area is 167 Å². The van der Waals surface area contributed by atoms with Crippen LogP contribution in [-0.2, 0) is 9.59 Å². The lowest BCUT2D eigenvalue weighted by molar-refractivity contribution is -0.119. The van der Waals surface area contributed by atoms with Crippen LogP contribution in [0.5, 0.6) is 0 Å². The standard InChI is InChI=1S/C12H11I3N2O5/c13-2-7(20)5-1-6(16-8(21)3-18)11(15)12(10(5)14)17-9(22)4-19/h1,18-19H,2-4H2,(H,16,21)(H,17,22). The minimum Gasteiger partial charge on any atom is -0.387 e. The fraction of sp³-hybridized carbons (Fsp3) is 0.250. The molecule has 0 unspecified atom stereocenters. The molecule has 0 spiro atoms. The molecule has 10 heteroatoms. The predicted molar refractivity (Wildman–Crippen MR) is 107 cm³/mol. The van der Waals surface area contributed by atoms with Crippen molar-refractivity contribution < 1.29 is 24.6 Å². The molecular formula is C12H11I3N2O5. The highest BCUT2D eigenvalue weighted by atomic mass is 127. The first-order chi connectivity index (χ1) is 10.3. The van der Waals surface area contributed by atoms with Gasteiger partial charge < -0.3 is 20.8 Å². The number of amides is 2. The van der Waals surface area contributed by atoms with Gasteiger partial charge in [-0.1, -0.05) is 22.6 Å². The maximum atomic E-state index is 12.0. The number of alkyl halides is 1. The van der Waals surface area contributed by atoms with Crippen LogP contribution in [0.4, 0.5) is 11.4 Å². The molecule has 0 aromatic heterocycles. The second-order valence-corrected chi connectivity index (χ2v) is 6.86. The van der Waals surface area contributed by atoms with E-state index in [1.54, 1.807) is 0 Å². The lowest BCUT2D eigenvalue weighted by Crippen LogP contribution is -2.21. The number of Topliss-reactive ketones (excluding diaryl/α,β-unsaturated/α-hetero) is 1. The van der Waals surface area contributed by atoms with Crippen LogP contribution in [0.2, 0.25) is 0 Å². The van der Waals surface area contributed by atoms with E-state index in [2.05, 4.69) is 10.6 Å². The van der Waals surface area contributed by atoms with Gasteiger partial charge in [-0.25, -0.2) is 0 Å². The predicted octanol–water partition coefficient (Wildman–Crippen LogP) is 1.38. The van der Waals surface area contributed by atoms with Gasteiger partial charge in [0.1, 0.15) is 13.2 Å². The van der Waals surface area contributed by atoms with E-state index in [-0.39, 0.29) is 10.2 Å². The molecule has 0 aliphatic heterocycles. The molecule has 0 aliphatic carbocycles. The number of aliphatic hydroxyl groups is 2. The molecule has 0 heterocycles. The summed E-state index contributed by atoms with van der Waals surface area (Å²) >= 11 is 5.76. The average Bonchev–Trinajstić information content (AvgIpc) is 2.52. The number of carbonyl (C=O) groups is 3. The first kappa shape index (κ1) is 20.0. The van der Waals surface area contributed by atoms with Gasteiger partial charge in [0.15, 0.2) is 5.78 Å². The summed E-state index contributed by atoms with van der Waals surface area (Å²) in [7, 11) is 0. The highest BCUT2D eigenvalue weighted by Gasteiger charge is 2.21. The minimum atomic E-state index is -0.699. The number of hydrogen-bond acceptors (Lipinski definition) is 5. The third kappa shape index (κ3) is 4.97. The maximum absolute atomic E-state index is 12.0. The number of hydrogen-bond donors (Lipinski definition) is 4. The molecule has 1 rings (SSSR count). The highest BCUT2D eigenvalue weighted by molar-refractivity contribution is 14.1. The van der Waals surface area contributed by atoms with Crippen molar-refractivity contribution in [3.05, 3.63) is 18.8 Å². The van der Waals surface area contributed by atoms with E-state index in [1.807, 2.05) is 67.8 Å². The highest BCUT2D eigenvalue weighted by Crippen LogP contribution is 2.34. The third-order valence-electron chi connectivity index (χ3n) is 2.45. The second-order valence-electron chi connectivity index (χ2n) is 3.94. The summed E-state index contributed by atoms with van der Waals surface area (Å²) in [6.45, 7) is -1.40. The van der Waals surface area contributed by atoms with Crippen molar-refractivity contribution >= 4 is 96.7 Å². The number of carbonyl (C=O) groups excluding carboxylic acids is 3. The van der Waals surface area contributed by atoms with E-state index in [4.69, 9.17) is 10.2 Å². The van der Waals surface area contributed by atoms with Gasteiger partial charge in [0.05, 0.1) is 19.4 Å². The molecular weight excluding hydrogens is 633 g/mol. The Morgan fingerprint density at radius 2 is 1.55 bits per heavy atom. The Kier molecular flexibility index (Phi) is 8.44. The summed E-state index contributed by atoms with van der Waals surface area (Å²) in [6.07, 6.45) is 0. The van der Waals surface area contributed by atoms with E-state index in [0.717, 1.165) is 0 Å². The summed E-state index contributed by atoms with van der Waals surface area (Å²) in [5.41, 5.74) is 0.989. The van der Waals surface area contributed by atoms with E-state index < -0.39 is 25.0 Å². The lowest BCUT2D eigenvalue weighted by Gasteiger charge is -2.16. The summed E-state index contributed by atoms with van der Waals surface area (Å²) < 4.78 is 1.25. The fourth-order valence-electron chi connectivity index (χ4n) is 1.48. The van der Waals surface area contributed by atoms with Crippen LogP contribution in [0.15, 0.2) is 6.07 Å². The molecule has 0 saturated carbocycles. The van der Waals surface area contributed by atoms with Gasteiger partial charge in [-0.2, -0.15) is 0 Å². The van der Waals surface area contributed by atoms with Crippen LogP contribution in [0.3, 0.4) is 0 Å². The summed E-state index contributed by atoms with van der Waals surface area (Å²) in [4.78, 5) is 34.8. The Bertz CT molecular complexity index is 621. The number of nitrogens with one attached hydrogen (secondary N) is 2. The number of rotatable bonds is 6. The molecule has 0 bridgehead atoms. The van der Waals surface area contributed by atoms with Crippen molar-refractivity contribution in [3.63, 3.8) is 0 Å². The molecule has 0 aliphatic rings. The van der Waals surface area contributed by atoms with Crippen molar-refractivity contribution in [2.24, 2.45) is 0 Å². The topological polar surface area (TPSA) is 116 Å². The Morgan fingerprint density at radius 3 is 2.05 bits per heavy atom. The molecule has 0 saturated heterocycles. The van der Waals surface area contributed by atoms with Gasteiger partial charge >= 0.3 is 0 Å². The van der Waals surface area contributed by atoms with Crippen molar-refractivity contribution in [1.82, 2.24) is 0 Å². The fourth-order valence-corrected chi connectivity index (χ4v) is 3.96. The SMILES string of the molecule is O=C(CO)Nc1cc(C(=O)CI)c(I)c(NC(=O)CO)c1I. The zero-order valence-electron chi connectivity index (χ0n) is 11.0. The molecule has 120 valence electrons. The molecule has 0 radical (unpaired) electrons. The first-order valence-electron chi connectivity index (χ1n) is 5.78. The van der Waals surface area contributed by atoms with Crippen LogP contribution >= 0.6 is 67.8 Å². The van der Waals surface area contributed by atoms with E-state index in [9.17, 15) is 14.4 Å². The summed E-state index contributed by atoms with van der Waals surface area (Å²) in [5, 5.41) is 22.7. The number of benzene rings is 1. The zero-order valence-corrected chi connectivity index (χ0v) is 17.4. The smallest absolute Gasteiger partial charge is 0.250 e. The maximum Gasteiger partial charge on any atom is 0.250 e. The van der Waals surface area contributed by atoms with Crippen molar-refractivity contribution in [1.29, 1.82) is 0 Å². The van der Waals surface area contributed by atoms with E-state index in [0.29, 0.717) is 24.1 Å². The Balaban J connectivity index is 3.45. The minimum absolute atomic E-state index is 0.166. The normalized spacial score (nSPS) is 10.2. The van der Waals surface area contributed by atoms with Crippen LogP contribution in [0.25, 0.3) is 0 Å². The molecule has 1 aromatic carbocycles. The average molecular weight is 644 g/mol. The van der Waals surface area contributed by atoms with Crippen LogP contribution in [0, 0.1) is 7.14 Å². The van der Waals surface area contributed by atoms with Gasteiger partial charge in [-0.3, -0.25) is 14.4 Å². The molecule has 22 heavy (non-hydrogen) atoms. The number of ketones is 1. The largest absolute Gasteiger partial charge is 0.387 e. The molecule has 0 atom stereocenters. The van der Waals surface area contributed by atoms with E-state index >= 15 is 0 Å². The van der Waals surface area contributed by atoms with Crippen LogP contribution in [-0.4, -0.2) is 45.5 Å². The number of anilines is 2. The third-order valence-corrected chi connectivity index (χ3v) is 5.38. The second kappa shape index (κ2) is 9.29. The molecule has 4 N–H and O–H groups in total. The van der Waals surface area contributed by atoms with Gasteiger partial charge in [-0.15, -0.1) is 0 Å². The van der Waals surface area contributed by atoms with E-state index in [1.165, 1.54) is 6.07 Å². The first-order valence-corrected chi connectivity index (χ1v) is 9.46. The molecule has 2 amide bonds. The Morgan fingerprint density at radius 1 is 1.00 bits per heavy atom. The monoisotopic (exact) mass is 644 g/mol. The Hall–Kier alpha value is -0.0600. The van der Waals surface area contributed by atoms with Crippen molar-refractivity contribution in [3.8, 4) is 0 Å². The van der Waals surface area contributed by atoms with Crippen molar-refractivity contribution in [2.75, 3.05) is 28.3 Å². The van der Waals surface area contributed by atoms with Gasteiger partial charge in [0.25, 0.3) is 0 Å². The van der Waals surface area contributed by atoms with Gasteiger partial charge in [0, 0.05) is 9.13 Å². The lowest BCUT2D eigenvalue weighted by atomic mass is 10.1. The summed E-state index contributed by atoms with van der Waals surface area (Å²) in [6, 6.07) is 1.51. The summed E-state index contributed by atoms with van der Waals surface area (Å²) in [5.74, 6) is -1.43. The molecule has 1 aromatic rings.